The fourth-order valence-electron chi connectivity index (χ4n) is 1.46. The zero-order chi connectivity index (χ0) is 13.5. The van der Waals surface area contributed by atoms with E-state index in [9.17, 15) is 4.79 Å². The highest BCUT2D eigenvalue weighted by atomic mass is 79.9. The highest BCUT2D eigenvalue weighted by molar-refractivity contribution is 9.11. The van der Waals surface area contributed by atoms with Crippen LogP contribution in [-0.4, -0.2) is 12.9 Å². The third-order valence-corrected chi connectivity index (χ3v) is 3.44. The molecule has 0 saturated carbocycles. The van der Waals surface area contributed by atoms with E-state index in [0.717, 1.165) is 38.5 Å². The van der Waals surface area contributed by atoms with E-state index in [4.69, 9.17) is 4.74 Å². The summed E-state index contributed by atoms with van der Waals surface area (Å²) in [6.07, 6.45) is 4.41. The summed E-state index contributed by atoms with van der Waals surface area (Å²) in [7, 11) is 0. The van der Waals surface area contributed by atoms with Gasteiger partial charge in [-0.15, -0.1) is 0 Å². The Hall–Kier alpha value is -0.610. The molecule has 0 aromatic heterocycles. The van der Waals surface area contributed by atoms with Crippen LogP contribution in [0, 0.1) is 0 Å². The molecule has 18 heavy (non-hydrogen) atoms. The van der Waals surface area contributed by atoms with Crippen LogP contribution in [0.25, 0.3) is 6.08 Å². The lowest BCUT2D eigenvalue weighted by Crippen LogP contribution is -1.98. The number of halogens is 2. The topological polar surface area (TPSA) is 26.3 Å². The number of allylic oxidation sites excluding steroid dienone is 1. The molecule has 0 saturated heterocycles. The summed E-state index contributed by atoms with van der Waals surface area (Å²) in [5, 5.41) is 0. The molecule has 1 rings (SSSR count). The van der Waals surface area contributed by atoms with Gasteiger partial charge in [-0.2, -0.15) is 0 Å². The van der Waals surface area contributed by atoms with E-state index in [2.05, 4.69) is 38.8 Å². The summed E-state index contributed by atoms with van der Waals surface area (Å²) in [6.45, 7) is 4.68. The average molecular weight is 376 g/mol. The Balaban J connectivity index is 3.22. The normalized spacial score (nSPS) is 11.4. The zero-order valence-electron chi connectivity index (χ0n) is 10.5. The van der Waals surface area contributed by atoms with Crippen LogP contribution < -0.4 is 4.74 Å². The average Bonchev–Trinajstić information content (AvgIpc) is 2.34. The van der Waals surface area contributed by atoms with Gasteiger partial charge in [0.25, 0.3) is 0 Å². The van der Waals surface area contributed by atoms with Crippen LogP contribution in [0.5, 0.6) is 5.75 Å². The predicted molar refractivity (Wildman–Crippen MR) is 82.0 cm³/mol. The van der Waals surface area contributed by atoms with Gasteiger partial charge in [0.1, 0.15) is 12.0 Å². The Bertz CT molecular complexity index is 453. The second-order valence-corrected chi connectivity index (χ2v) is 5.62. The van der Waals surface area contributed by atoms with Crippen LogP contribution in [0.15, 0.2) is 26.7 Å². The van der Waals surface area contributed by atoms with Crippen LogP contribution in [0.2, 0.25) is 0 Å². The summed E-state index contributed by atoms with van der Waals surface area (Å²) < 4.78 is 7.57. The quantitative estimate of drug-likeness (QED) is 0.517. The van der Waals surface area contributed by atoms with Crippen LogP contribution in [0.3, 0.4) is 0 Å². The van der Waals surface area contributed by atoms with Crippen molar-refractivity contribution in [2.24, 2.45) is 0 Å². The van der Waals surface area contributed by atoms with E-state index < -0.39 is 0 Å². The number of carbonyl (C=O) groups excluding carboxylic acids is 1. The molecule has 0 aliphatic heterocycles. The molecular formula is C14H16Br2O2. The molecule has 0 radical (unpaired) electrons. The Morgan fingerprint density at radius 3 is 2.61 bits per heavy atom. The number of carbonyl (C=O) groups is 1. The van der Waals surface area contributed by atoms with Crippen LogP contribution in [0.4, 0.5) is 0 Å². The lowest BCUT2D eigenvalue weighted by atomic mass is 10.1. The fourth-order valence-corrected chi connectivity index (χ4v) is 2.84. The van der Waals surface area contributed by atoms with E-state index in [0.29, 0.717) is 13.0 Å². The van der Waals surface area contributed by atoms with Crippen molar-refractivity contribution in [3.8, 4) is 5.75 Å². The second kappa shape index (κ2) is 7.74. The summed E-state index contributed by atoms with van der Waals surface area (Å²) in [5.74, 6) is 0.785. The van der Waals surface area contributed by atoms with E-state index in [1.165, 1.54) is 0 Å². The lowest BCUT2D eigenvalue weighted by molar-refractivity contribution is -0.104. The Kier molecular flexibility index (Phi) is 6.65. The molecule has 2 nitrogen and oxygen atoms in total. The second-order valence-electron chi connectivity index (χ2n) is 3.85. The summed E-state index contributed by atoms with van der Waals surface area (Å²) in [4.78, 5) is 10.9. The van der Waals surface area contributed by atoms with E-state index in [1.54, 1.807) is 0 Å². The first-order valence-corrected chi connectivity index (χ1v) is 7.48. The first-order chi connectivity index (χ1) is 8.62. The minimum absolute atomic E-state index is 0.656. The van der Waals surface area contributed by atoms with Gasteiger partial charge in [-0.3, -0.25) is 4.79 Å². The van der Waals surface area contributed by atoms with Gasteiger partial charge < -0.3 is 4.74 Å². The number of hydrogen-bond acceptors (Lipinski definition) is 2. The molecule has 98 valence electrons. The number of rotatable bonds is 6. The van der Waals surface area contributed by atoms with Crippen molar-refractivity contribution in [3.63, 3.8) is 0 Å². The fraction of sp³-hybridized carbons (Fsp3) is 0.357. The molecule has 0 unspecified atom stereocenters. The van der Waals surface area contributed by atoms with Gasteiger partial charge in [0.05, 0.1) is 11.1 Å². The smallest absolute Gasteiger partial charge is 0.146 e. The van der Waals surface area contributed by atoms with E-state index in [-0.39, 0.29) is 0 Å². The van der Waals surface area contributed by atoms with Crippen molar-refractivity contribution in [3.05, 3.63) is 32.2 Å². The molecule has 0 N–H and O–H groups in total. The molecule has 0 aliphatic rings. The van der Waals surface area contributed by atoms with Gasteiger partial charge >= 0.3 is 0 Å². The highest BCUT2D eigenvalue weighted by Crippen LogP contribution is 2.34. The molecule has 4 heteroatoms. The molecule has 0 heterocycles. The van der Waals surface area contributed by atoms with Gasteiger partial charge in [-0.25, -0.2) is 0 Å². The lowest BCUT2D eigenvalue weighted by Gasteiger charge is -2.12. The molecular weight excluding hydrogens is 360 g/mol. The van der Waals surface area contributed by atoms with E-state index in [1.807, 2.05) is 25.1 Å². The minimum atomic E-state index is 0.656. The van der Waals surface area contributed by atoms with E-state index >= 15 is 0 Å². The molecule has 1 aromatic carbocycles. The number of benzene rings is 1. The van der Waals surface area contributed by atoms with Crippen LogP contribution >= 0.6 is 31.9 Å². The number of hydrogen-bond donors (Lipinski definition) is 0. The van der Waals surface area contributed by atoms with Crippen molar-refractivity contribution in [2.45, 2.75) is 26.7 Å². The highest BCUT2D eigenvalue weighted by Gasteiger charge is 2.09. The Morgan fingerprint density at radius 1 is 1.33 bits per heavy atom. The van der Waals surface area contributed by atoms with Gasteiger partial charge in [0.15, 0.2) is 0 Å². The Labute approximate surface area is 125 Å². The number of aldehydes is 1. The molecule has 0 spiro atoms. The monoisotopic (exact) mass is 374 g/mol. The molecule has 1 aromatic rings. The molecule has 0 aliphatic carbocycles. The zero-order valence-corrected chi connectivity index (χ0v) is 13.7. The maximum atomic E-state index is 10.9. The molecule has 0 amide bonds. The summed E-state index contributed by atoms with van der Waals surface area (Å²) in [5.41, 5.74) is 1.66. The maximum Gasteiger partial charge on any atom is 0.146 e. The molecule has 0 bridgehead atoms. The largest absolute Gasteiger partial charge is 0.492 e. The van der Waals surface area contributed by atoms with Gasteiger partial charge in [0.2, 0.25) is 0 Å². The van der Waals surface area contributed by atoms with Gasteiger partial charge in [-0.1, -0.05) is 29.8 Å². The molecule has 0 atom stereocenters. The van der Waals surface area contributed by atoms with Crippen molar-refractivity contribution >= 4 is 44.2 Å². The van der Waals surface area contributed by atoms with Crippen LogP contribution in [0.1, 0.15) is 32.3 Å². The van der Waals surface area contributed by atoms with Crippen LogP contribution in [-0.2, 0) is 4.79 Å². The molecule has 0 fully saturated rings. The third-order valence-electron chi connectivity index (χ3n) is 2.39. The van der Waals surface area contributed by atoms with Crippen molar-refractivity contribution in [2.75, 3.05) is 6.61 Å². The predicted octanol–water partition coefficient (Wildman–Crippen LogP) is 4.99. The standard InChI is InChI=1S/C14H16Br2O2/c1-3-5-18-14-11(6-10(4-2)9-17)7-12(15)8-13(14)16/h6-9H,3-5H2,1-2H3. The third kappa shape index (κ3) is 4.25. The van der Waals surface area contributed by atoms with Crippen molar-refractivity contribution < 1.29 is 9.53 Å². The summed E-state index contributed by atoms with van der Waals surface area (Å²) in [6, 6.07) is 3.89. The van der Waals surface area contributed by atoms with Gasteiger partial charge in [-0.05, 0) is 52.6 Å². The SMILES string of the molecule is CCCOc1c(Br)cc(Br)cc1C=C(C=O)CC. The summed E-state index contributed by atoms with van der Waals surface area (Å²) >= 11 is 6.94. The maximum absolute atomic E-state index is 10.9. The van der Waals surface area contributed by atoms with Gasteiger partial charge in [0, 0.05) is 10.0 Å². The first kappa shape index (κ1) is 15.4. The van der Waals surface area contributed by atoms with Crippen molar-refractivity contribution in [1.29, 1.82) is 0 Å². The first-order valence-electron chi connectivity index (χ1n) is 5.89. The van der Waals surface area contributed by atoms with Crippen molar-refractivity contribution in [1.82, 2.24) is 0 Å². The minimum Gasteiger partial charge on any atom is -0.492 e. The number of ether oxygens (including phenoxy) is 1. The Morgan fingerprint density at radius 2 is 2.06 bits per heavy atom.